The van der Waals surface area contributed by atoms with Gasteiger partial charge in [0.1, 0.15) is 0 Å². The molecule has 0 aliphatic rings. The average molecular weight is 270 g/mol. The fourth-order valence-corrected chi connectivity index (χ4v) is 1.68. The van der Waals surface area contributed by atoms with Gasteiger partial charge in [-0.1, -0.05) is 23.4 Å². The van der Waals surface area contributed by atoms with Gasteiger partial charge in [0, 0.05) is 24.5 Å². The van der Waals surface area contributed by atoms with Gasteiger partial charge in [-0.15, -0.1) is 0 Å². The fourth-order valence-electron chi connectivity index (χ4n) is 1.68. The number of oxime groups is 1. The van der Waals surface area contributed by atoms with E-state index in [1.54, 1.807) is 36.5 Å². The van der Waals surface area contributed by atoms with Crippen LogP contribution in [0.5, 0.6) is 0 Å². The summed E-state index contributed by atoms with van der Waals surface area (Å²) in [5, 5.41) is 14.4. The smallest absolute Gasteiger partial charge is 0.253 e. The summed E-state index contributed by atoms with van der Waals surface area (Å²) < 4.78 is 0. The van der Waals surface area contributed by atoms with Crippen molar-refractivity contribution >= 4 is 11.7 Å². The van der Waals surface area contributed by atoms with Gasteiger partial charge < -0.3 is 16.3 Å². The van der Waals surface area contributed by atoms with Crippen LogP contribution in [-0.4, -0.2) is 21.9 Å². The van der Waals surface area contributed by atoms with Crippen LogP contribution in [0.25, 0.3) is 0 Å². The summed E-state index contributed by atoms with van der Waals surface area (Å²) >= 11 is 0. The van der Waals surface area contributed by atoms with Gasteiger partial charge in [0.2, 0.25) is 0 Å². The second-order valence-corrected chi connectivity index (χ2v) is 4.11. The van der Waals surface area contributed by atoms with Gasteiger partial charge in [-0.25, -0.2) is 0 Å². The highest BCUT2D eigenvalue weighted by atomic mass is 16.4. The van der Waals surface area contributed by atoms with Crippen LogP contribution in [0.15, 0.2) is 53.9 Å². The van der Waals surface area contributed by atoms with Crippen molar-refractivity contribution in [3.8, 4) is 0 Å². The Balaban J connectivity index is 2.03. The molecule has 0 saturated heterocycles. The van der Waals surface area contributed by atoms with Crippen molar-refractivity contribution in [3.63, 3.8) is 0 Å². The zero-order valence-corrected chi connectivity index (χ0v) is 10.7. The Kier molecular flexibility index (Phi) is 4.28. The van der Waals surface area contributed by atoms with Gasteiger partial charge in [-0.05, 0) is 23.8 Å². The van der Waals surface area contributed by atoms with E-state index in [0.29, 0.717) is 17.7 Å². The lowest BCUT2D eigenvalue weighted by atomic mass is 10.1. The second kappa shape index (κ2) is 6.33. The zero-order chi connectivity index (χ0) is 14.4. The standard InChI is InChI=1S/C14H14N4O2/c15-13(18-20)11-4-1-3-10(7-11)8-17-14(19)12-5-2-6-16-9-12/h1-7,9,20H,8H2,(H2,15,18)(H,17,19). The summed E-state index contributed by atoms with van der Waals surface area (Å²) in [4.78, 5) is 15.7. The lowest BCUT2D eigenvalue weighted by molar-refractivity contribution is 0.0950. The molecule has 2 rings (SSSR count). The number of nitrogens with two attached hydrogens (primary N) is 1. The number of benzene rings is 1. The molecule has 1 aromatic heterocycles. The maximum Gasteiger partial charge on any atom is 0.253 e. The molecule has 0 aliphatic carbocycles. The molecular formula is C14H14N4O2. The van der Waals surface area contributed by atoms with Crippen molar-refractivity contribution in [2.75, 3.05) is 0 Å². The Hall–Kier alpha value is -2.89. The summed E-state index contributed by atoms with van der Waals surface area (Å²) in [7, 11) is 0. The SMILES string of the molecule is NC(=NO)c1cccc(CNC(=O)c2cccnc2)c1. The molecule has 0 fully saturated rings. The minimum atomic E-state index is -0.202. The normalized spacial score (nSPS) is 11.1. The van der Waals surface area contributed by atoms with Crippen LogP contribution < -0.4 is 11.1 Å². The van der Waals surface area contributed by atoms with E-state index in [-0.39, 0.29) is 11.7 Å². The van der Waals surface area contributed by atoms with Crippen LogP contribution >= 0.6 is 0 Å². The number of hydrogen-bond acceptors (Lipinski definition) is 4. The Morgan fingerprint density at radius 3 is 2.80 bits per heavy atom. The molecule has 1 amide bonds. The quantitative estimate of drug-likeness (QED) is 0.335. The largest absolute Gasteiger partial charge is 0.409 e. The Morgan fingerprint density at radius 2 is 2.10 bits per heavy atom. The van der Waals surface area contributed by atoms with Crippen molar-refractivity contribution in [3.05, 3.63) is 65.5 Å². The summed E-state index contributed by atoms with van der Waals surface area (Å²) in [6.45, 7) is 0.347. The first-order valence-corrected chi connectivity index (χ1v) is 5.96. The third kappa shape index (κ3) is 3.32. The highest BCUT2D eigenvalue weighted by Gasteiger charge is 2.05. The maximum atomic E-state index is 11.9. The fraction of sp³-hybridized carbons (Fsp3) is 0.0714. The number of aromatic nitrogens is 1. The number of carbonyl (C=O) groups excluding carboxylic acids is 1. The molecule has 0 atom stereocenters. The molecule has 0 unspecified atom stereocenters. The number of amides is 1. The zero-order valence-electron chi connectivity index (χ0n) is 10.7. The van der Waals surface area contributed by atoms with E-state index in [9.17, 15) is 4.79 Å². The van der Waals surface area contributed by atoms with Crippen LogP contribution in [0.2, 0.25) is 0 Å². The number of nitrogens with one attached hydrogen (secondary N) is 1. The van der Waals surface area contributed by atoms with E-state index in [4.69, 9.17) is 10.9 Å². The van der Waals surface area contributed by atoms with Crippen molar-refractivity contribution in [1.82, 2.24) is 10.3 Å². The topological polar surface area (TPSA) is 101 Å². The highest BCUT2D eigenvalue weighted by Crippen LogP contribution is 2.05. The molecule has 20 heavy (non-hydrogen) atoms. The Bertz CT molecular complexity index is 626. The average Bonchev–Trinajstić information content (AvgIpc) is 2.53. The molecule has 2 aromatic rings. The molecule has 1 aromatic carbocycles. The molecule has 102 valence electrons. The molecule has 0 radical (unpaired) electrons. The summed E-state index contributed by atoms with van der Waals surface area (Å²) in [6.07, 6.45) is 3.11. The minimum absolute atomic E-state index is 0.0328. The molecule has 0 aliphatic heterocycles. The molecule has 1 heterocycles. The molecular weight excluding hydrogens is 256 g/mol. The van der Waals surface area contributed by atoms with Crippen molar-refractivity contribution in [1.29, 1.82) is 0 Å². The first-order valence-electron chi connectivity index (χ1n) is 5.96. The molecule has 0 spiro atoms. The van der Waals surface area contributed by atoms with Crippen LogP contribution in [0.3, 0.4) is 0 Å². The molecule has 6 nitrogen and oxygen atoms in total. The number of amidine groups is 1. The monoisotopic (exact) mass is 270 g/mol. The third-order valence-electron chi connectivity index (χ3n) is 2.71. The van der Waals surface area contributed by atoms with Crippen molar-refractivity contribution in [2.24, 2.45) is 10.9 Å². The summed E-state index contributed by atoms with van der Waals surface area (Å²) in [5.41, 5.74) is 7.47. The third-order valence-corrected chi connectivity index (χ3v) is 2.71. The first-order chi connectivity index (χ1) is 9.70. The van der Waals surface area contributed by atoms with Crippen LogP contribution in [0.4, 0.5) is 0 Å². The van der Waals surface area contributed by atoms with Gasteiger partial charge >= 0.3 is 0 Å². The predicted octanol–water partition coefficient (Wildman–Crippen LogP) is 1.11. The van der Waals surface area contributed by atoms with Gasteiger partial charge in [0.05, 0.1) is 5.56 Å². The number of hydrogen-bond donors (Lipinski definition) is 3. The number of rotatable bonds is 4. The van der Waals surface area contributed by atoms with E-state index in [2.05, 4.69) is 15.5 Å². The van der Waals surface area contributed by atoms with Crippen LogP contribution in [0.1, 0.15) is 21.5 Å². The molecule has 6 heteroatoms. The molecule has 0 bridgehead atoms. The maximum absolute atomic E-state index is 11.9. The van der Waals surface area contributed by atoms with E-state index in [1.807, 2.05) is 6.07 Å². The Labute approximate surface area is 115 Å². The van der Waals surface area contributed by atoms with Crippen LogP contribution in [-0.2, 0) is 6.54 Å². The van der Waals surface area contributed by atoms with E-state index < -0.39 is 0 Å². The number of pyridine rings is 1. The highest BCUT2D eigenvalue weighted by molar-refractivity contribution is 5.97. The molecule has 4 N–H and O–H groups in total. The predicted molar refractivity (Wildman–Crippen MR) is 74.4 cm³/mol. The minimum Gasteiger partial charge on any atom is -0.409 e. The number of nitrogens with zero attached hydrogens (tertiary/aromatic N) is 2. The lowest BCUT2D eigenvalue weighted by Gasteiger charge is -2.06. The van der Waals surface area contributed by atoms with Crippen molar-refractivity contribution in [2.45, 2.75) is 6.54 Å². The van der Waals surface area contributed by atoms with Crippen LogP contribution in [0, 0.1) is 0 Å². The van der Waals surface area contributed by atoms with Gasteiger partial charge in [-0.2, -0.15) is 0 Å². The summed E-state index contributed by atoms with van der Waals surface area (Å²) in [6, 6.07) is 10.5. The summed E-state index contributed by atoms with van der Waals surface area (Å²) in [5.74, 6) is -0.169. The lowest BCUT2D eigenvalue weighted by Crippen LogP contribution is -2.23. The van der Waals surface area contributed by atoms with Gasteiger partial charge in [0.25, 0.3) is 5.91 Å². The van der Waals surface area contributed by atoms with Gasteiger partial charge in [0.15, 0.2) is 5.84 Å². The van der Waals surface area contributed by atoms with Gasteiger partial charge in [-0.3, -0.25) is 9.78 Å². The van der Waals surface area contributed by atoms with E-state index in [1.165, 1.54) is 6.20 Å². The second-order valence-electron chi connectivity index (χ2n) is 4.11. The molecule has 0 saturated carbocycles. The van der Waals surface area contributed by atoms with E-state index >= 15 is 0 Å². The van der Waals surface area contributed by atoms with E-state index in [0.717, 1.165) is 5.56 Å². The van der Waals surface area contributed by atoms with Crippen molar-refractivity contribution < 1.29 is 10.0 Å². The Morgan fingerprint density at radius 1 is 1.30 bits per heavy atom. The first kappa shape index (κ1) is 13.5. The number of carbonyl (C=O) groups is 1.